The first-order valence-corrected chi connectivity index (χ1v) is 9.94. The van der Waals surface area contributed by atoms with Gasteiger partial charge in [-0.1, -0.05) is 24.3 Å². The molecule has 28 heavy (non-hydrogen) atoms. The number of aromatic nitrogens is 1. The van der Waals surface area contributed by atoms with E-state index in [1.54, 1.807) is 43.3 Å². The zero-order valence-corrected chi connectivity index (χ0v) is 16.5. The van der Waals surface area contributed by atoms with Gasteiger partial charge in [0.05, 0.1) is 9.82 Å². The quantitative estimate of drug-likeness (QED) is 0.503. The standard InChI is InChI=1S/C19H20N4O4S/c1-13-11-17(16-5-4-6-18(23(24)25)19(16)21-13)20-12-14-7-9-15(10-8-14)28(26,27)22(2)3/h4-11H,12H2,1-3H3,(H,20,21). The van der Waals surface area contributed by atoms with Crippen LogP contribution in [0.15, 0.2) is 53.4 Å². The summed E-state index contributed by atoms with van der Waals surface area (Å²) in [4.78, 5) is 15.4. The van der Waals surface area contributed by atoms with E-state index in [9.17, 15) is 18.5 Å². The van der Waals surface area contributed by atoms with Crippen LogP contribution >= 0.6 is 0 Å². The Labute approximate surface area is 163 Å². The minimum atomic E-state index is -3.47. The number of hydrogen-bond acceptors (Lipinski definition) is 6. The largest absolute Gasteiger partial charge is 0.380 e. The lowest BCUT2D eigenvalue weighted by molar-refractivity contribution is -0.383. The zero-order chi connectivity index (χ0) is 20.5. The smallest absolute Gasteiger partial charge is 0.295 e. The van der Waals surface area contributed by atoms with Crippen molar-refractivity contribution < 1.29 is 13.3 Å². The van der Waals surface area contributed by atoms with E-state index in [-0.39, 0.29) is 10.6 Å². The van der Waals surface area contributed by atoms with E-state index in [4.69, 9.17) is 0 Å². The molecule has 0 amide bonds. The number of pyridine rings is 1. The van der Waals surface area contributed by atoms with Crippen LogP contribution in [0, 0.1) is 17.0 Å². The third-order valence-corrected chi connectivity index (χ3v) is 6.16. The first-order chi connectivity index (χ1) is 13.2. The van der Waals surface area contributed by atoms with Crippen molar-refractivity contribution in [2.24, 2.45) is 0 Å². The van der Waals surface area contributed by atoms with E-state index in [2.05, 4.69) is 10.3 Å². The lowest BCUT2D eigenvalue weighted by Crippen LogP contribution is -2.22. The van der Waals surface area contributed by atoms with Gasteiger partial charge < -0.3 is 5.32 Å². The van der Waals surface area contributed by atoms with Crippen molar-refractivity contribution in [3.8, 4) is 0 Å². The highest BCUT2D eigenvalue weighted by Crippen LogP contribution is 2.30. The normalized spacial score (nSPS) is 11.7. The number of anilines is 1. The maximum absolute atomic E-state index is 12.1. The lowest BCUT2D eigenvalue weighted by Gasteiger charge is -2.13. The fraction of sp³-hybridized carbons (Fsp3) is 0.211. The van der Waals surface area contributed by atoms with Crippen LogP contribution in [-0.4, -0.2) is 36.7 Å². The van der Waals surface area contributed by atoms with Crippen molar-refractivity contribution in [2.75, 3.05) is 19.4 Å². The Bertz CT molecular complexity index is 1140. The number of nitro benzene ring substituents is 1. The molecule has 0 fully saturated rings. The SMILES string of the molecule is Cc1cc(NCc2ccc(S(=O)(=O)N(C)C)cc2)c2cccc([N+](=O)[O-])c2n1. The molecule has 8 nitrogen and oxygen atoms in total. The first kappa shape index (κ1) is 19.7. The highest BCUT2D eigenvalue weighted by molar-refractivity contribution is 7.89. The first-order valence-electron chi connectivity index (χ1n) is 8.50. The number of nitro groups is 1. The van der Waals surface area contributed by atoms with Gasteiger partial charge in [-0.05, 0) is 30.7 Å². The number of hydrogen-bond donors (Lipinski definition) is 1. The summed E-state index contributed by atoms with van der Waals surface area (Å²) in [5, 5.41) is 15.2. The summed E-state index contributed by atoms with van der Waals surface area (Å²) in [6.07, 6.45) is 0. The van der Waals surface area contributed by atoms with Crippen LogP contribution in [0.3, 0.4) is 0 Å². The predicted molar refractivity (Wildman–Crippen MR) is 108 cm³/mol. The van der Waals surface area contributed by atoms with Crippen LogP contribution in [0.2, 0.25) is 0 Å². The van der Waals surface area contributed by atoms with Crippen molar-refractivity contribution in [3.63, 3.8) is 0 Å². The van der Waals surface area contributed by atoms with Crippen LogP contribution in [0.25, 0.3) is 10.9 Å². The van der Waals surface area contributed by atoms with Crippen molar-refractivity contribution in [3.05, 3.63) is 69.9 Å². The molecule has 0 unspecified atom stereocenters. The van der Waals surface area contributed by atoms with Gasteiger partial charge in [-0.15, -0.1) is 0 Å². The highest BCUT2D eigenvalue weighted by Gasteiger charge is 2.17. The number of para-hydroxylation sites is 1. The van der Waals surface area contributed by atoms with E-state index < -0.39 is 14.9 Å². The molecule has 1 N–H and O–H groups in total. The van der Waals surface area contributed by atoms with Gasteiger partial charge in [-0.25, -0.2) is 17.7 Å². The molecule has 9 heteroatoms. The van der Waals surface area contributed by atoms with Crippen molar-refractivity contribution >= 4 is 32.3 Å². The van der Waals surface area contributed by atoms with Gasteiger partial charge in [0.2, 0.25) is 10.0 Å². The van der Waals surface area contributed by atoms with E-state index in [0.717, 1.165) is 11.3 Å². The third kappa shape index (κ3) is 3.80. The van der Waals surface area contributed by atoms with Crippen molar-refractivity contribution in [2.45, 2.75) is 18.4 Å². The summed E-state index contributed by atoms with van der Waals surface area (Å²) in [6.45, 7) is 2.21. The minimum Gasteiger partial charge on any atom is -0.380 e. The summed E-state index contributed by atoms with van der Waals surface area (Å²) in [7, 11) is -0.493. The molecule has 0 bridgehead atoms. The van der Waals surface area contributed by atoms with Gasteiger partial charge >= 0.3 is 0 Å². The van der Waals surface area contributed by atoms with E-state index in [0.29, 0.717) is 23.1 Å². The van der Waals surface area contributed by atoms with Crippen molar-refractivity contribution in [1.29, 1.82) is 0 Å². The Morgan fingerprint density at radius 3 is 2.43 bits per heavy atom. The molecule has 0 aliphatic carbocycles. The molecule has 1 aromatic heterocycles. The van der Waals surface area contributed by atoms with Gasteiger partial charge in [0.15, 0.2) is 5.52 Å². The average Bonchev–Trinajstić information content (AvgIpc) is 2.65. The van der Waals surface area contributed by atoms with Crippen LogP contribution in [0.5, 0.6) is 0 Å². The second kappa shape index (κ2) is 7.53. The number of aryl methyl sites for hydroxylation is 1. The fourth-order valence-electron chi connectivity index (χ4n) is 2.84. The number of benzene rings is 2. The Morgan fingerprint density at radius 1 is 1.14 bits per heavy atom. The molecule has 3 rings (SSSR count). The molecule has 0 aliphatic heterocycles. The molecule has 1 heterocycles. The maximum atomic E-state index is 12.1. The second-order valence-electron chi connectivity index (χ2n) is 6.53. The van der Waals surface area contributed by atoms with Crippen LogP contribution < -0.4 is 5.32 Å². The van der Waals surface area contributed by atoms with Crippen LogP contribution in [0.4, 0.5) is 11.4 Å². The molecule has 2 aromatic carbocycles. The van der Waals surface area contributed by atoms with Crippen LogP contribution in [-0.2, 0) is 16.6 Å². The Kier molecular flexibility index (Phi) is 5.30. The molecule has 0 aliphatic rings. The average molecular weight is 400 g/mol. The lowest BCUT2D eigenvalue weighted by atomic mass is 10.1. The van der Waals surface area contributed by atoms with E-state index in [1.807, 2.05) is 6.07 Å². The molecular weight excluding hydrogens is 380 g/mol. The fourth-order valence-corrected chi connectivity index (χ4v) is 3.74. The summed E-state index contributed by atoms with van der Waals surface area (Å²) >= 11 is 0. The molecule has 0 atom stereocenters. The van der Waals surface area contributed by atoms with Gasteiger partial charge in [-0.3, -0.25) is 10.1 Å². The number of nitrogens with one attached hydrogen (secondary N) is 1. The monoisotopic (exact) mass is 400 g/mol. The van der Waals surface area contributed by atoms with Gasteiger partial charge in [0.25, 0.3) is 5.69 Å². The number of fused-ring (bicyclic) bond motifs is 1. The summed E-state index contributed by atoms with van der Waals surface area (Å²) in [5.41, 5.74) is 2.57. The molecule has 0 spiro atoms. The topological polar surface area (TPSA) is 105 Å². The number of nitrogens with zero attached hydrogens (tertiary/aromatic N) is 3. The van der Waals surface area contributed by atoms with Crippen LogP contribution in [0.1, 0.15) is 11.3 Å². The molecule has 0 saturated heterocycles. The number of sulfonamides is 1. The molecule has 146 valence electrons. The number of non-ortho nitro benzene ring substituents is 1. The van der Waals surface area contributed by atoms with E-state index in [1.165, 1.54) is 24.5 Å². The minimum absolute atomic E-state index is 0.0394. The molecule has 0 radical (unpaired) electrons. The van der Waals surface area contributed by atoms with E-state index >= 15 is 0 Å². The molecular formula is C19H20N4O4S. The van der Waals surface area contributed by atoms with Gasteiger partial charge in [0, 0.05) is 43.5 Å². The zero-order valence-electron chi connectivity index (χ0n) is 15.7. The summed E-state index contributed by atoms with van der Waals surface area (Å²) in [6, 6.07) is 13.3. The summed E-state index contributed by atoms with van der Waals surface area (Å²) in [5.74, 6) is 0. The highest BCUT2D eigenvalue weighted by atomic mass is 32.2. The predicted octanol–water partition coefficient (Wildman–Crippen LogP) is 3.31. The van der Waals surface area contributed by atoms with Gasteiger partial charge in [0.1, 0.15) is 0 Å². The summed E-state index contributed by atoms with van der Waals surface area (Å²) < 4.78 is 25.4. The Balaban J connectivity index is 1.88. The number of rotatable bonds is 6. The Morgan fingerprint density at radius 2 is 1.82 bits per heavy atom. The molecule has 3 aromatic rings. The maximum Gasteiger partial charge on any atom is 0.295 e. The Hall–Kier alpha value is -3.04. The molecule has 0 saturated carbocycles. The third-order valence-electron chi connectivity index (χ3n) is 4.33. The second-order valence-corrected chi connectivity index (χ2v) is 8.68. The van der Waals surface area contributed by atoms with Gasteiger partial charge in [-0.2, -0.15) is 0 Å². The van der Waals surface area contributed by atoms with Crippen molar-refractivity contribution in [1.82, 2.24) is 9.29 Å².